The number of piperidine rings is 1. The monoisotopic (exact) mass is 289 g/mol. The number of aromatic nitrogens is 1. The van der Waals surface area contributed by atoms with Gasteiger partial charge in [-0.05, 0) is 49.3 Å². The Morgan fingerprint density at radius 2 is 2.14 bits per heavy atom. The Morgan fingerprint density at radius 3 is 2.71 bits per heavy atom. The highest BCUT2D eigenvalue weighted by Gasteiger charge is 2.25. The zero-order chi connectivity index (χ0) is 15.5. The SMILES string of the molecule is CCNC(C)C1CCCN(c2ccc(C(C)(C)C)cn2)C1. The summed E-state index contributed by atoms with van der Waals surface area (Å²) in [6, 6.07) is 5.02. The molecule has 1 aliphatic heterocycles. The molecule has 1 fully saturated rings. The van der Waals surface area contributed by atoms with E-state index in [2.05, 4.69) is 57.0 Å². The van der Waals surface area contributed by atoms with Crippen LogP contribution in [-0.2, 0) is 5.41 Å². The molecule has 1 N–H and O–H groups in total. The number of anilines is 1. The van der Waals surface area contributed by atoms with Crippen LogP contribution < -0.4 is 10.2 Å². The molecule has 1 saturated heterocycles. The van der Waals surface area contributed by atoms with Crippen molar-refractivity contribution in [1.82, 2.24) is 10.3 Å². The first-order valence-corrected chi connectivity index (χ1v) is 8.36. The Labute approximate surface area is 130 Å². The zero-order valence-electron chi connectivity index (χ0n) is 14.3. The van der Waals surface area contributed by atoms with Crippen molar-refractivity contribution in [2.24, 2.45) is 5.92 Å². The van der Waals surface area contributed by atoms with Crippen molar-refractivity contribution < 1.29 is 0 Å². The van der Waals surface area contributed by atoms with Gasteiger partial charge in [-0.3, -0.25) is 0 Å². The summed E-state index contributed by atoms with van der Waals surface area (Å²) in [5, 5.41) is 3.57. The minimum Gasteiger partial charge on any atom is -0.356 e. The van der Waals surface area contributed by atoms with Gasteiger partial charge < -0.3 is 10.2 Å². The van der Waals surface area contributed by atoms with Crippen LogP contribution in [0.15, 0.2) is 18.3 Å². The van der Waals surface area contributed by atoms with Gasteiger partial charge in [0, 0.05) is 25.3 Å². The second-order valence-corrected chi connectivity index (χ2v) is 7.35. The number of pyridine rings is 1. The maximum absolute atomic E-state index is 4.71. The van der Waals surface area contributed by atoms with Crippen LogP contribution in [0.25, 0.3) is 0 Å². The molecule has 2 atom stereocenters. The number of nitrogens with zero attached hydrogens (tertiary/aromatic N) is 2. The molecular formula is C18H31N3. The maximum Gasteiger partial charge on any atom is 0.128 e. The molecule has 0 spiro atoms. The van der Waals surface area contributed by atoms with Gasteiger partial charge in [0.15, 0.2) is 0 Å². The molecule has 0 amide bonds. The van der Waals surface area contributed by atoms with Crippen molar-refractivity contribution in [3.8, 4) is 0 Å². The van der Waals surface area contributed by atoms with Crippen LogP contribution in [-0.4, -0.2) is 30.7 Å². The Kier molecular flexibility index (Phi) is 5.26. The van der Waals surface area contributed by atoms with E-state index in [0.29, 0.717) is 6.04 Å². The fourth-order valence-electron chi connectivity index (χ4n) is 3.13. The zero-order valence-corrected chi connectivity index (χ0v) is 14.3. The Hall–Kier alpha value is -1.09. The smallest absolute Gasteiger partial charge is 0.128 e. The molecule has 2 rings (SSSR count). The van der Waals surface area contributed by atoms with Crippen LogP contribution in [0.5, 0.6) is 0 Å². The third kappa shape index (κ3) is 4.19. The number of rotatable bonds is 4. The van der Waals surface area contributed by atoms with Crippen LogP contribution in [0.4, 0.5) is 5.82 Å². The lowest BCUT2D eigenvalue weighted by molar-refractivity contribution is 0.323. The Bertz CT molecular complexity index is 433. The van der Waals surface area contributed by atoms with E-state index in [9.17, 15) is 0 Å². The van der Waals surface area contributed by atoms with E-state index in [4.69, 9.17) is 4.98 Å². The van der Waals surface area contributed by atoms with Crippen molar-refractivity contribution in [3.63, 3.8) is 0 Å². The molecule has 0 saturated carbocycles. The van der Waals surface area contributed by atoms with Crippen LogP contribution in [0.3, 0.4) is 0 Å². The summed E-state index contributed by atoms with van der Waals surface area (Å²) in [4.78, 5) is 7.17. The molecule has 2 heterocycles. The normalized spacial score (nSPS) is 21.4. The minimum atomic E-state index is 0.176. The summed E-state index contributed by atoms with van der Waals surface area (Å²) in [5.41, 5.74) is 1.48. The van der Waals surface area contributed by atoms with Gasteiger partial charge in [0.05, 0.1) is 0 Å². The van der Waals surface area contributed by atoms with Crippen molar-refractivity contribution in [2.75, 3.05) is 24.5 Å². The molecule has 0 bridgehead atoms. The first kappa shape index (κ1) is 16.3. The van der Waals surface area contributed by atoms with Gasteiger partial charge in [-0.15, -0.1) is 0 Å². The van der Waals surface area contributed by atoms with Crippen molar-refractivity contribution >= 4 is 5.82 Å². The largest absolute Gasteiger partial charge is 0.356 e. The van der Waals surface area contributed by atoms with Crippen molar-refractivity contribution in [1.29, 1.82) is 0 Å². The van der Waals surface area contributed by atoms with E-state index in [1.165, 1.54) is 18.4 Å². The standard InChI is InChI=1S/C18H31N3/c1-6-19-14(2)15-8-7-11-21(13-15)17-10-9-16(12-20-17)18(3,4)5/h9-10,12,14-15,19H,6-8,11,13H2,1-5H3. The number of hydrogen-bond acceptors (Lipinski definition) is 3. The summed E-state index contributed by atoms with van der Waals surface area (Å²) in [6.45, 7) is 14.5. The molecule has 3 heteroatoms. The van der Waals surface area contributed by atoms with Gasteiger partial charge in [-0.2, -0.15) is 0 Å². The van der Waals surface area contributed by atoms with E-state index in [1.807, 2.05) is 6.20 Å². The first-order valence-electron chi connectivity index (χ1n) is 8.36. The van der Waals surface area contributed by atoms with E-state index >= 15 is 0 Å². The first-order chi connectivity index (χ1) is 9.91. The molecule has 21 heavy (non-hydrogen) atoms. The van der Waals surface area contributed by atoms with Crippen LogP contribution in [0.2, 0.25) is 0 Å². The van der Waals surface area contributed by atoms with Crippen LogP contribution in [0.1, 0.15) is 53.0 Å². The molecule has 0 radical (unpaired) electrons. The average molecular weight is 289 g/mol. The van der Waals surface area contributed by atoms with E-state index in [-0.39, 0.29) is 5.41 Å². The molecule has 3 nitrogen and oxygen atoms in total. The van der Waals surface area contributed by atoms with E-state index < -0.39 is 0 Å². The number of nitrogens with one attached hydrogen (secondary N) is 1. The molecule has 1 aromatic heterocycles. The second kappa shape index (κ2) is 6.78. The predicted molar refractivity (Wildman–Crippen MR) is 91.0 cm³/mol. The van der Waals surface area contributed by atoms with Crippen LogP contribution >= 0.6 is 0 Å². The lowest BCUT2D eigenvalue weighted by Crippen LogP contribution is -2.44. The summed E-state index contributed by atoms with van der Waals surface area (Å²) >= 11 is 0. The lowest BCUT2D eigenvalue weighted by atomic mass is 9.88. The Morgan fingerprint density at radius 1 is 1.38 bits per heavy atom. The van der Waals surface area contributed by atoms with Gasteiger partial charge >= 0.3 is 0 Å². The van der Waals surface area contributed by atoms with E-state index in [0.717, 1.165) is 31.4 Å². The maximum atomic E-state index is 4.71. The third-order valence-corrected chi connectivity index (χ3v) is 4.63. The highest BCUT2D eigenvalue weighted by molar-refractivity contribution is 5.41. The topological polar surface area (TPSA) is 28.2 Å². The summed E-state index contributed by atoms with van der Waals surface area (Å²) in [6.07, 6.45) is 4.64. The number of hydrogen-bond donors (Lipinski definition) is 1. The molecule has 1 aromatic rings. The summed E-state index contributed by atoms with van der Waals surface area (Å²) in [7, 11) is 0. The molecule has 2 unspecified atom stereocenters. The molecule has 1 aliphatic rings. The van der Waals surface area contributed by atoms with Gasteiger partial charge in [0.25, 0.3) is 0 Å². The molecule has 118 valence electrons. The highest BCUT2D eigenvalue weighted by atomic mass is 15.2. The average Bonchev–Trinajstić information content (AvgIpc) is 2.47. The van der Waals surface area contributed by atoms with Gasteiger partial charge in [-0.25, -0.2) is 4.98 Å². The summed E-state index contributed by atoms with van der Waals surface area (Å²) in [5.74, 6) is 1.86. The van der Waals surface area contributed by atoms with Crippen LogP contribution in [0, 0.1) is 5.92 Å². The minimum absolute atomic E-state index is 0.176. The molecule has 0 aromatic carbocycles. The molecular weight excluding hydrogens is 258 g/mol. The second-order valence-electron chi connectivity index (χ2n) is 7.35. The Balaban J connectivity index is 2.04. The molecule has 0 aliphatic carbocycles. The predicted octanol–water partition coefficient (Wildman–Crippen LogP) is 3.59. The lowest BCUT2D eigenvalue weighted by Gasteiger charge is -2.37. The van der Waals surface area contributed by atoms with Gasteiger partial charge in [0.2, 0.25) is 0 Å². The van der Waals surface area contributed by atoms with Gasteiger partial charge in [-0.1, -0.05) is 33.8 Å². The fourth-order valence-corrected chi connectivity index (χ4v) is 3.13. The van der Waals surface area contributed by atoms with E-state index in [1.54, 1.807) is 0 Å². The third-order valence-electron chi connectivity index (χ3n) is 4.63. The fraction of sp³-hybridized carbons (Fsp3) is 0.722. The quantitative estimate of drug-likeness (QED) is 0.918. The highest BCUT2D eigenvalue weighted by Crippen LogP contribution is 2.26. The van der Waals surface area contributed by atoms with Gasteiger partial charge in [0.1, 0.15) is 5.82 Å². The van der Waals surface area contributed by atoms with Crippen molar-refractivity contribution in [3.05, 3.63) is 23.9 Å². The summed E-state index contributed by atoms with van der Waals surface area (Å²) < 4.78 is 0. The van der Waals surface area contributed by atoms with Crippen molar-refractivity contribution in [2.45, 2.75) is 58.9 Å².